The molecule has 0 saturated carbocycles. The summed E-state index contributed by atoms with van der Waals surface area (Å²) in [5.74, 6) is -0.970. The highest BCUT2D eigenvalue weighted by Gasteiger charge is 2.34. The molecule has 0 atom stereocenters. The molecule has 0 aliphatic heterocycles. The van der Waals surface area contributed by atoms with E-state index in [1.54, 1.807) is 0 Å². The molecule has 0 bridgehead atoms. The number of anilines is 1. The molecule has 0 amide bonds. The van der Waals surface area contributed by atoms with E-state index in [0.717, 1.165) is 12.1 Å². The maximum Gasteiger partial charge on any atom is 0.416 e. The molecule has 0 aliphatic carbocycles. The van der Waals surface area contributed by atoms with Crippen molar-refractivity contribution in [3.63, 3.8) is 0 Å². The molecule has 0 saturated heterocycles. The van der Waals surface area contributed by atoms with Gasteiger partial charge in [0.05, 0.1) is 11.3 Å². The summed E-state index contributed by atoms with van der Waals surface area (Å²) in [4.78, 5) is 0. The zero-order valence-electron chi connectivity index (χ0n) is 7.45. The minimum absolute atomic E-state index is 0.0360. The van der Waals surface area contributed by atoms with E-state index in [9.17, 15) is 17.6 Å². The minimum atomic E-state index is -4.53. The largest absolute Gasteiger partial charge is 0.416 e. The molecule has 1 aromatic carbocycles. The second-order valence-corrected chi connectivity index (χ2v) is 2.85. The van der Waals surface area contributed by atoms with E-state index in [4.69, 9.17) is 5.73 Å². The molecule has 78 valence electrons. The number of alkyl halides is 3. The second-order valence-electron chi connectivity index (χ2n) is 2.85. The summed E-state index contributed by atoms with van der Waals surface area (Å²) in [6.45, 7) is 1.45. The zero-order valence-corrected chi connectivity index (χ0v) is 7.45. The molecular weight excluding hydrogens is 198 g/mol. The topological polar surface area (TPSA) is 26.0 Å². The summed E-state index contributed by atoms with van der Waals surface area (Å²) in [6, 6.07) is 1.73. The fraction of sp³-hybridized carbons (Fsp3) is 0.333. The van der Waals surface area contributed by atoms with Gasteiger partial charge in [0.25, 0.3) is 0 Å². The Bertz CT molecular complexity index is 343. The van der Waals surface area contributed by atoms with E-state index in [2.05, 4.69) is 0 Å². The van der Waals surface area contributed by atoms with Crippen molar-refractivity contribution < 1.29 is 17.6 Å². The zero-order chi connectivity index (χ0) is 10.9. The molecule has 0 unspecified atom stereocenters. The van der Waals surface area contributed by atoms with Crippen LogP contribution in [-0.4, -0.2) is 0 Å². The molecule has 1 rings (SSSR count). The third kappa shape index (κ3) is 1.81. The predicted molar refractivity (Wildman–Crippen MR) is 45.2 cm³/mol. The predicted octanol–water partition coefficient (Wildman–Crippen LogP) is 2.99. The summed E-state index contributed by atoms with van der Waals surface area (Å²) in [7, 11) is 0. The van der Waals surface area contributed by atoms with Crippen LogP contribution >= 0.6 is 0 Å². The first-order valence-corrected chi connectivity index (χ1v) is 4.02. The molecule has 0 spiro atoms. The van der Waals surface area contributed by atoms with Crippen LogP contribution in [0.3, 0.4) is 0 Å². The first-order chi connectivity index (χ1) is 6.38. The lowest BCUT2D eigenvalue weighted by Gasteiger charge is -2.13. The van der Waals surface area contributed by atoms with Gasteiger partial charge in [-0.3, -0.25) is 0 Å². The number of hydrogen-bond donors (Lipinski definition) is 1. The van der Waals surface area contributed by atoms with Crippen LogP contribution in [0.5, 0.6) is 0 Å². The van der Waals surface area contributed by atoms with Crippen LogP contribution in [0.1, 0.15) is 18.1 Å². The van der Waals surface area contributed by atoms with Crippen molar-refractivity contribution in [3.8, 4) is 0 Å². The fourth-order valence-corrected chi connectivity index (χ4v) is 1.25. The first kappa shape index (κ1) is 10.8. The van der Waals surface area contributed by atoms with Gasteiger partial charge in [0.2, 0.25) is 0 Å². The average molecular weight is 207 g/mol. The molecule has 0 radical (unpaired) electrons. The minimum Gasteiger partial charge on any atom is -0.396 e. The monoisotopic (exact) mass is 207 g/mol. The molecule has 0 aliphatic rings. The maximum atomic E-state index is 13.2. The smallest absolute Gasteiger partial charge is 0.396 e. The maximum absolute atomic E-state index is 13.2. The van der Waals surface area contributed by atoms with Crippen molar-refractivity contribution >= 4 is 5.69 Å². The highest BCUT2D eigenvalue weighted by molar-refractivity contribution is 5.47. The Labute approximate surface area is 78.5 Å². The molecular formula is C9H9F4N. The molecule has 1 nitrogen and oxygen atoms in total. The normalized spacial score (nSPS) is 11.8. The second kappa shape index (κ2) is 3.48. The summed E-state index contributed by atoms with van der Waals surface area (Å²) >= 11 is 0. The van der Waals surface area contributed by atoms with Gasteiger partial charge in [0.1, 0.15) is 5.82 Å². The quantitative estimate of drug-likeness (QED) is 0.556. The Balaban J connectivity index is 3.39. The van der Waals surface area contributed by atoms with E-state index in [0.29, 0.717) is 0 Å². The van der Waals surface area contributed by atoms with Gasteiger partial charge in [-0.15, -0.1) is 0 Å². The number of nitrogen functional groups attached to an aromatic ring is 1. The Morgan fingerprint density at radius 3 is 2.29 bits per heavy atom. The Morgan fingerprint density at radius 2 is 1.86 bits per heavy atom. The lowest BCUT2D eigenvalue weighted by molar-refractivity contribution is -0.138. The molecule has 0 aromatic heterocycles. The third-order valence-electron chi connectivity index (χ3n) is 1.93. The van der Waals surface area contributed by atoms with E-state index in [1.807, 2.05) is 0 Å². The highest BCUT2D eigenvalue weighted by atomic mass is 19.4. The Morgan fingerprint density at radius 1 is 1.29 bits per heavy atom. The number of nitrogens with two attached hydrogens (primary N) is 1. The SMILES string of the molecule is CCc1c(C(F)(F)F)ccc(N)c1F. The molecule has 0 fully saturated rings. The van der Waals surface area contributed by atoms with Gasteiger partial charge in [0, 0.05) is 5.56 Å². The summed E-state index contributed by atoms with van der Waals surface area (Å²) in [5, 5.41) is 0. The van der Waals surface area contributed by atoms with Gasteiger partial charge in [-0.25, -0.2) is 4.39 Å². The molecule has 0 heterocycles. The van der Waals surface area contributed by atoms with E-state index in [1.165, 1.54) is 6.92 Å². The lowest BCUT2D eigenvalue weighted by atomic mass is 10.0. The Hall–Kier alpha value is -1.26. The van der Waals surface area contributed by atoms with Crippen molar-refractivity contribution in [1.29, 1.82) is 0 Å². The first-order valence-electron chi connectivity index (χ1n) is 4.02. The van der Waals surface area contributed by atoms with Crippen molar-refractivity contribution in [1.82, 2.24) is 0 Å². The summed E-state index contributed by atoms with van der Waals surface area (Å²) in [5.41, 5.74) is 3.58. The van der Waals surface area contributed by atoms with Gasteiger partial charge in [0.15, 0.2) is 0 Å². The van der Waals surface area contributed by atoms with Crippen molar-refractivity contribution in [2.45, 2.75) is 19.5 Å². The van der Waals surface area contributed by atoms with Gasteiger partial charge in [-0.2, -0.15) is 13.2 Å². The number of halogens is 4. The molecule has 2 N–H and O–H groups in total. The lowest BCUT2D eigenvalue weighted by Crippen LogP contribution is -2.11. The van der Waals surface area contributed by atoms with Crippen LogP contribution < -0.4 is 5.73 Å². The van der Waals surface area contributed by atoms with Gasteiger partial charge < -0.3 is 5.73 Å². The van der Waals surface area contributed by atoms with Crippen LogP contribution in [0, 0.1) is 5.82 Å². The molecule has 5 heteroatoms. The van der Waals surface area contributed by atoms with Crippen LogP contribution in [0.15, 0.2) is 12.1 Å². The number of rotatable bonds is 1. The van der Waals surface area contributed by atoms with E-state index in [-0.39, 0.29) is 17.7 Å². The van der Waals surface area contributed by atoms with Gasteiger partial charge in [-0.05, 0) is 18.6 Å². The van der Waals surface area contributed by atoms with Crippen molar-refractivity contribution in [2.24, 2.45) is 0 Å². The van der Waals surface area contributed by atoms with Crippen LogP contribution in [0.2, 0.25) is 0 Å². The van der Waals surface area contributed by atoms with Gasteiger partial charge >= 0.3 is 6.18 Å². The standard InChI is InChI=1S/C9H9F4N/c1-2-5-6(9(11,12)13)3-4-7(14)8(5)10/h3-4H,2,14H2,1H3. The van der Waals surface area contributed by atoms with Crippen LogP contribution in [-0.2, 0) is 12.6 Å². The highest BCUT2D eigenvalue weighted by Crippen LogP contribution is 2.34. The third-order valence-corrected chi connectivity index (χ3v) is 1.93. The van der Waals surface area contributed by atoms with Crippen molar-refractivity contribution in [3.05, 3.63) is 29.1 Å². The number of benzene rings is 1. The Kier molecular flexibility index (Phi) is 2.69. The molecule has 14 heavy (non-hydrogen) atoms. The van der Waals surface area contributed by atoms with Gasteiger partial charge in [-0.1, -0.05) is 6.92 Å². The fourth-order valence-electron chi connectivity index (χ4n) is 1.25. The van der Waals surface area contributed by atoms with E-state index < -0.39 is 17.6 Å². The van der Waals surface area contributed by atoms with Crippen molar-refractivity contribution in [2.75, 3.05) is 5.73 Å². The summed E-state index contributed by atoms with van der Waals surface area (Å²) in [6.07, 6.45) is -4.56. The molecule has 1 aromatic rings. The average Bonchev–Trinajstić information content (AvgIpc) is 2.07. The summed E-state index contributed by atoms with van der Waals surface area (Å²) < 4.78 is 50.2. The van der Waals surface area contributed by atoms with Crippen LogP contribution in [0.4, 0.5) is 23.2 Å². The van der Waals surface area contributed by atoms with E-state index >= 15 is 0 Å². The number of hydrogen-bond acceptors (Lipinski definition) is 1. The van der Waals surface area contributed by atoms with Crippen LogP contribution in [0.25, 0.3) is 0 Å².